The number of hydrogen-bond acceptors (Lipinski definition) is 5. The quantitative estimate of drug-likeness (QED) is 0.559. The van der Waals surface area contributed by atoms with Crippen molar-refractivity contribution in [2.45, 2.75) is 44.8 Å². The van der Waals surface area contributed by atoms with Crippen LogP contribution in [0.5, 0.6) is 11.5 Å². The zero-order valence-corrected chi connectivity index (χ0v) is 19.4. The van der Waals surface area contributed by atoms with Gasteiger partial charge in [-0.15, -0.1) is 11.6 Å². The Morgan fingerprint density at radius 2 is 2.03 bits per heavy atom. The zero-order valence-electron chi connectivity index (χ0n) is 18.6. The number of hydrogen-bond donors (Lipinski definition) is 2. The van der Waals surface area contributed by atoms with E-state index in [0.29, 0.717) is 23.6 Å². The first-order chi connectivity index (χ1) is 15.2. The molecule has 0 aromatic heterocycles. The van der Waals surface area contributed by atoms with E-state index >= 15 is 0 Å². The molecular formula is C24H28ClNO6. The predicted molar refractivity (Wildman–Crippen MR) is 122 cm³/mol. The van der Waals surface area contributed by atoms with Gasteiger partial charge in [-0.3, -0.25) is 9.59 Å². The van der Waals surface area contributed by atoms with E-state index in [0.717, 1.165) is 16.7 Å². The van der Waals surface area contributed by atoms with Crippen molar-refractivity contribution >= 4 is 29.2 Å². The van der Waals surface area contributed by atoms with Gasteiger partial charge in [0.25, 0.3) is 5.91 Å². The number of para-hydroxylation sites is 1. The smallest absolute Gasteiger partial charge is 0.306 e. The summed E-state index contributed by atoms with van der Waals surface area (Å²) in [6.07, 6.45) is -0.778. The summed E-state index contributed by atoms with van der Waals surface area (Å²) in [6, 6.07) is 11.3. The van der Waals surface area contributed by atoms with E-state index in [2.05, 4.69) is 19.2 Å². The van der Waals surface area contributed by atoms with Crippen molar-refractivity contribution < 1.29 is 28.9 Å². The topological polar surface area (TPSA) is 94.1 Å². The van der Waals surface area contributed by atoms with E-state index in [4.69, 9.17) is 30.9 Å². The number of nitrogens with one attached hydrogen (secondary N) is 1. The van der Waals surface area contributed by atoms with Gasteiger partial charge in [0.15, 0.2) is 11.5 Å². The van der Waals surface area contributed by atoms with Gasteiger partial charge in [-0.2, -0.15) is 0 Å². The molecule has 2 N–H and O–H groups in total. The first-order valence-electron chi connectivity index (χ1n) is 10.3. The van der Waals surface area contributed by atoms with Crippen LogP contribution in [0.1, 0.15) is 42.3 Å². The Hall–Kier alpha value is -2.77. The first-order valence-corrected chi connectivity index (χ1v) is 10.7. The monoisotopic (exact) mass is 461 g/mol. The number of rotatable bonds is 8. The molecule has 1 aliphatic heterocycles. The van der Waals surface area contributed by atoms with Crippen LogP contribution in [-0.2, 0) is 27.4 Å². The van der Waals surface area contributed by atoms with Crippen molar-refractivity contribution in [2.75, 3.05) is 19.5 Å². The fraction of sp³-hybridized carbons (Fsp3) is 0.417. The highest BCUT2D eigenvalue weighted by Gasteiger charge is 2.32. The minimum absolute atomic E-state index is 0.119. The molecule has 0 radical (unpaired) electrons. The van der Waals surface area contributed by atoms with Crippen molar-refractivity contribution in [3.8, 4) is 11.5 Å². The summed E-state index contributed by atoms with van der Waals surface area (Å²) in [7, 11) is 3.22. The number of carbonyl (C=O) groups is 2. The van der Waals surface area contributed by atoms with Crippen molar-refractivity contribution in [3.63, 3.8) is 0 Å². The van der Waals surface area contributed by atoms with Gasteiger partial charge in [-0.1, -0.05) is 32.0 Å². The van der Waals surface area contributed by atoms with Crippen LogP contribution in [0.15, 0.2) is 36.4 Å². The molecule has 172 valence electrons. The van der Waals surface area contributed by atoms with E-state index < -0.39 is 18.0 Å². The number of alkyl halides is 1. The van der Waals surface area contributed by atoms with Crippen LogP contribution >= 0.6 is 11.6 Å². The maximum atomic E-state index is 12.3. The maximum absolute atomic E-state index is 12.3. The number of fused-ring (bicyclic) bond motifs is 1. The number of methoxy groups -OCH3 is 2. The molecule has 8 heteroatoms. The standard InChI is InChI=1S/C24H28ClNO6/c1-24(2,12-15-6-5-7-18(30-3)21(15)31-4)22(25)14-8-9-17-16(10-14)13-32-19(11-20(27)28)23(29)26-17/h5-10,19,22H,11-13H2,1-4H3,(H,26,29)(H,27,28)/t19-,22?/m1/s1. The molecule has 1 amide bonds. The Bertz CT molecular complexity index is 1010. The number of aliphatic carboxylic acids is 1. The van der Waals surface area contributed by atoms with Crippen molar-refractivity contribution in [1.82, 2.24) is 0 Å². The largest absolute Gasteiger partial charge is 0.493 e. The summed E-state index contributed by atoms with van der Waals surface area (Å²) in [4.78, 5) is 23.3. The Kier molecular flexibility index (Phi) is 7.31. The SMILES string of the molecule is COc1cccc(CC(C)(C)C(Cl)c2ccc3c(c2)CO[C@H](CC(=O)O)C(=O)N3)c1OC. The molecule has 2 aromatic carbocycles. The number of benzene rings is 2. The third kappa shape index (κ3) is 5.16. The van der Waals surface area contributed by atoms with Crippen LogP contribution in [0.4, 0.5) is 5.69 Å². The fourth-order valence-corrected chi connectivity index (χ4v) is 4.14. The highest BCUT2D eigenvalue weighted by atomic mass is 35.5. The van der Waals surface area contributed by atoms with Gasteiger partial charge in [0.05, 0.1) is 32.6 Å². The Morgan fingerprint density at radius 1 is 1.28 bits per heavy atom. The number of amides is 1. The normalized spacial score (nSPS) is 17.0. The average Bonchev–Trinajstić information content (AvgIpc) is 2.90. The zero-order chi connectivity index (χ0) is 23.5. The van der Waals surface area contributed by atoms with Gasteiger partial charge in [-0.25, -0.2) is 0 Å². The lowest BCUT2D eigenvalue weighted by molar-refractivity contribution is -0.144. The number of carboxylic acids is 1. The van der Waals surface area contributed by atoms with Crippen molar-refractivity contribution in [1.29, 1.82) is 0 Å². The van der Waals surface area contributed by atoms with Crippen LogP contribution in [0.25, 0.3) is 0 Å². The molecule has 0 bridgehead atoms. The highest BCUT2D eigenvalue weighted by molar-refractivity contribution is 6.21. The maximum Gasteiger partial charge on any atom is 0.306 e. The van der Waals surface area contributed by atoms with E-state index in [1.165, 1.54) is 0 Å². The van der Waals surface area contributed by atoms with Crippen LogP contribution in [0.3, 0.4) is 0 Å². The summed E-state index contributed by atoms with van der Waals surface area (Å²) in [6.45, 7) is 4.28. The van der Waals surface area contributed by atoms with E-state index in [1.54, 1.807) is 20.3 Å². The summed E-state index contributed by atoms with van der Waals surface area (Å²) >= 11 is 6.95. The lowest BCUT2D eigenvalue weighted by Crippen LogP contribution is -2.30. The second-order valence-corrected chi connectivity index (χ2v) is 8.92. The van der Waals surface area contributed by atoms with Crippen molar-refractivity contribution in [2.24, 2.45) is 5.41 Å². The summed E-state index contributed by atoms with van der Waals surface area (Å²) in [5.41, 5.74) is 2.87. The molecule has 0 saturated heterocycles. The van der Waals surface area contributed by atoms with E-state index in [-0.39, 0.29) is 23.8 Å². The summed E-state index contributed by atoms with van der Waals surface area (Å²) in [5, 5.41) is 11.4. The number of carbonyl (C=O) groups excluding carboxylic acids is 1. The molecule has 1 aliphatic rings. The highest BCUT2D eigenvalue weighted by Crippen LogP contribution is 2.45. The average molecular weight is 462 g/mol. The number of halogens is 1. The summed E-state index contributed by atoms with van der Waals surface area (Å²) < 4.78 is 16.5. The van der Waals surface area contributed by atoms with Gasteiger partial charge in [-0.05, 0) is 41.2 Å². The second kappa shape index (κ2) is 9.79. The van der Waals surface area contributed by atoms with Crippen LogP contribution < -0.4 is 14.8 Å². The van der Waals surface area contributed by atoms with Crippen LogP contribution in [0.2, 0.25) is 0 Å². The van der Waals surface area contributed by atoms with Gasteiger partial charge >= 0.3 is 5.97 Å². The Morgan fingerprint density at radius 3 is 2.69 bits per heavy atom. The molecule has 0 saturated carbocycles. The molecule has 2 atom stereocenters. The molecule has 0 spiro atoms. The number of carboxylic acid groups (broad SMARTS) is 1. The Balaban J connectivity index is 1.83. The first kappa shape index (κ1) is 23.9. The van der Waals surface area contributed by atoms with Gasteiger partial charge in [0.1, 0.15) is 6.10 Å². The number of anilines is 1. The molecule has 32 heavy (non-hydrogen) atoms. The van der Waals surface area contributed by atoms with Gasteiger partial charge in [0.2, 0.25) is 0 Å². The number of ether oxygens (including phenoxy) is 3. The molecule has 0 aliphatic carbocycles. The molecule has 3 rings (SSSR count). The Labute approximate surface area is 192 Å². The molecule has 7 nitrogen and oxygen atoms in total. The lowest BCUT2D eigenvalue weighted by Gasteiger charge is -2.31. The van der Waals surface area contributed by atoms with Crippen LogP contribution in [0, 0.1) is 5.41 Å². The minimum atomic E-state index is -1.09. The van der Waals surface area contributed by atoms with Gasteiger partial charge < -0.3 is 24.6 Å². The van der Waals surface area contributed by atoms with Crippen LogP contribution in [-0.4, -0.2) is 37.3 Å². The second-order valence-electron chi connectivity index (χ2n) is 8.48. The molecule has 0 fully saturated rings. The summed E-state index contributed by atoms with van der Waals surface area (Å²) in [5.74, 6) is -0.200. The van der Waals surface area contributed by atoms with Crippen molar-refractivity contribution in [3.05, 3.63) is 53.1 Å². The molecule has 1 unspecified atom stereocenters. The lowest BCUT2D eigenvalue weighted by atomic mass is 9.79. The predicted octanol–water partition coefficient (Wildman–Crippen LogP) is 4.56. The minimum Gasteiger partial charge on any atom is -0.493 e. The molecule has 2 aromatic rings. The van der Waals surface area contributed by atoms with Gasteiger partial charge in [0, 0.05) is 11.3 Å². The molecule has 1 heterocycles. The third-order valence-corrected chi connectivity index (χ3v) is 6.43. The van der Waals surface area contributed by atoms with E-state index in [9.17, 15) is 9.59 Å². The fourth-order valence-electron chi connectivity index (χ4n) is 3.93. The third-order valence-electron chi connectivity index (χ3n) is 5.59. The van der Waals surface area contributed by atoms with E-state index in [1.807, 2.05) is 30.3 Å². The molecular weight excluding hydrogens is 434 g/mol.